The number of aliphatic hydroxyl groups is 1. The van der Waals surface area contributed by atoms with Crippen molar-refractivity contribution in [3.05, 3.63) is 41.0 Å². The average Bonchev–Trinajstić information content (AvgIpc) is 2.52. The van der Waals surface area contributed by atoms with Crippen LogP contribution in [0.5, 0.6) is 5.75 Å². The number of hydrogen-bond donors (Lipinski definition) is 2. The Morgan fingerprint density at radius 3 is 2.57 bits per heavy atom. The molecule has 2 N–H and O–H groups in total. The van der Waals surface area contributed by atoms with Crippen LogP contribution in [0.3, 0.4) is 0 Å². The molecule has 1 aromatic carbocycles. The minimum absolute atomic E-state index is 0.169. The molecule has 0 saturated heterocycles. The molecule has 3 atom stereocenters. The van der Waals surface area contributed by atoms with Crippen molar-refractivity contribution >= 4 is 0 Å². The highest BCUT2D eigenvalue weighted by atomic mass is 16.5. The van der Waals surface area contributed by atoms with Crippen LogP contribution in [0.25, 0.3) is 0 Å². The van der Waals surface area contributed by atoms with Crippen molar-refractivity contribution in [2.75, 3.05) is 7.11 Å². The molecule has 0 amide bonds. The average molecular weight is 316 g/mol. The second-order valence-corrected chi connectivity index (χ2v) is 7.92. The second kappa shape index (κ2) is 5.35. The first-order chi connectivity index (χ1) is 10.8. The monoisotopic (exact) mass is 316 g/mol. The SMILES string of the molecule is C=C[C@@]1(C)CCc2c3c(cc(O)c2[C@@H]1OC)C(C)(C)[C@@H](O)CC3. The van der Waals surface area contributed by atoms with Crippen LogP contribution in [0.15, 0.2) is 18.7 Å². The molecular weight excluding hydrogens is 288 g/mol. The van der Waals surface area contributed by atoms with Gasteiger partial charge in [0.15, 0.2) is 0 Å². The van der Waals surface area contributed by atoms with Crippen molar-refractivity contribution in [1.82, 2.24) is 0 Å². The highest BCUT2D eigenvalue weighted by Gasteiger charge is 2.44. The van der Waals surface area contributed by atoms with Gasteiger partial charge in [0, 0.05) is 23.5 Å². The smallest absolute Gasteiger partial charge is 0.122 e. The lowest BCUT2D eigenvalue weighted by Gasteiger charge is -2.44. The maximum atomic E-state index is 10.8. The summed E-state index contributed by atoms with van der Waals surface area (Å²) in [5, 5.41) is 21.1. The molecule has 0 aromatic heterocycles. The van der Waals surface area contributed by atoms with E-state index in [-0.39, 0.29) is 23.0 Å². The van der Waals surface area contributed by atoms with Crippen molar-refractivity contribution in [2.45, 2.75) is 64.1 Å². The summed E-state index contributed by atoms with van der Waals surface area (Å²) >= 11 is 0. The van der Waals surface area contributed by atoms with E-state index in [0.717, 1.165) is 36.8 Å². The molecule has 0 radical (unpaired) electrons. The lowest BCUT2D eigenvalue weighted by atomic mass is 9.64. The van der Waals surface area contributed by atoms with Gasteiger partial charge in [0.1, 0.15) is 5.75 Å². The van der Waals surface area contributed by atoms with Gasteiger partial charge >= 0.3 is 0 Å². The molecule has 0 spiro atoms. The van der Waals surface area contributed by atoms with Gasteiger partial charge in [0.2, 0.25) is 0 Å². The number of phenolic OH excluding ortho intramolecular Hbond substituents is 1. The first-order valence-electron chi connectivity index (χ1n) is 8.48. The third-order valence-electron chi connectivity index (χ3n) is 6.24. The van der Waals surface area contributed by atoms with Crippen molar-refractivity contribution in [2.24, 2.45) is 5.41 Å². The zero-order valence-corrected chi connectivity index (χ0v) is 14.6. The zero-order valence-electron chi connectivity index (χ0n) is 14.6. The minimum atomic E-state index is -0.368. The van der Waals surface area contributed by atoms with Gasteiger partial charge in [-0.15, -0.1) is 6.58 Å². The summed E-state index contributed by atoms with van der Waals surface area (Å²) in [6.07, 6.45) is 4.92. The number of aromatic hydroxyl groups is 1. The number of aliphatic hydroxyl groups excluding tert-OH is 1. The predicted molar refractivity (Wildman–Crippen MR) is 91.8 cm³/mol. The fraction of sp³-hybridized carbons (Fsp3) is 0.600. The molecule has 2 aliphatic carbocycles. The fourth-order valence-corrected chi connectivity index (χ4v) is 4.49. The molecule has 1 aromatic rings. The zero-order chi connectivity index (χ0) is 17.0. The third-order valence-corrected chi connectivity index (χ3v) is 6.24. The largest absolute Gasteiger partial charge is 0.508 e. The number of hydrogen-bond acceptors (Lipinski definition) is 3. The van der Waals surface area contributed by atoms with E-state index in [4.69, 9.17) is 4.74 Å². The summed E-state index contributed by atoms with van der Waals surface area (Å²) in [6.45, 7) is 10.2. The predicted octanol–water partition coefficient (Wildman–Crippen LogP) is 3.80. The van der Waals surface area contributed by atoms with Crippen LogP contribution in [0, 0.1) is 5.41 Å². The molecule has 23 heavy (non-hydrogen) atoms. The van der Waals surface area contributed by atoms with Gasteiger partial charge in [-0.25, -0.2) is 0 Å². The molecule has 2 aliphatic rings. The maximum Gasteiger partial charge on any atom is 0.122 e. The van der Waals surface area contributed by atoms with E-state index in [1.807, 2.05) is 12.1 Å². The summed E-state index contributed by atoms with van der Waals surface area (Å²) in [4.78, 5) is 0. The van der Waals surface area contributed by atoms with Crippen LogP contribution in [-0.2, 0) is 23.0 Å². The number of ether oxygens (including phenoxy) is 1. The van der Waals surface area contributed by atoms with Crippen LogP contribution in [-0.4, -0.2) is 23.4 Å². The first-order valence-corrected chi connectivity index (χ1v) is 8.48. The quantitative estimate of drug-likeness (QED) is 0.816. The Balaban J connectivity index is 2.24. The van der Waals surface area contributed by atoms with Crippen LogP contribution >= 0.6 is 0 Å². The summed E-state index contributed by atoms with van der Waals surface area (Å²) in [6, 6.07) is 1.86. The summed E-state index contributed by atoms with van der Waals surface area (Å²) in [7, 11) is 1.70. The summed E-state index contributed by atoms with van der Waals surface area (Å²) < 4.78 is 5.79. The number of phenols is 1. The Bertz CT molecular complexity index is 647. The standard InChI is InChI=1S/C20H28O3/c1-6-20(4)10-9-13-12-7-8-16(22)19(2,3)14(12)11-15(21)17(13)18(20)23-5/h6,11,16,18,21-22H,1,7-10H2,2-5H3/t16-,18-,20-/m0/s1. The fourth-order valence-electron chi connectivity index (χ4n) is 4.49. The first kappa shape index (κ1) is 16.5. The lowest BCUT2D eigenvalue weighted by Crippen LogP contribution is -2.40. The van der Waals surface area contributed by atoms with Crippen molar-refractivity contribution in [3.8, 4) is 5.75 Å². The Hall–Kier alpha value is -1.32. The number of rotatable bonds is 2. The highest BCUT2D eigenvalue weighted by molar-refractivity contribution is 5.55. The molecule has 3 heteroatoms. The van der Waals surface area contributed by atoms with Gasteiger partial charge in [-0.3, -0.25) is 0 Å². The number of benzene rings is 1. The Morgan fingerprint density at radius 1 is 1.26 bits per heavy atom. The van der Waals surface area contributed by atoms with E-state index < -0.39 is 0 Å². The van der Waals surface area contributed by atoms with Crippen LogP contribution in [0.2, 0.25) is 0 Å². The number of fused-ring (bicyclic) bond motifs is 3. The second-order valence-electron chi connectivity index (χ2n) is 7.92. The molecular formula is C20H28O3. The summed E-state index contributed by atoms with van der Waals surface area (Å²) in [5.74, 6) is 0.292. The molecule has 0 heterocycles. The maximum absolute atomic E-state index is 10.8. The van der Waals surface area contributed by atoms with E-state index in [9.17, 15) is 10.2 Å². The van der Waals surface area contributed by atoms with Crippen molar-refractivity contribution in [3.63, 3.8) is 0 Å². The topological polar surface area (TPSA) is 49.7 Å². The Labute approximate surface area is 139 Å². The van der Waals surface area contributed by atoms with Gasteiger partial charge in [-0.05, 0) is 48.4 Å². The molecule has 0 fully saturated rings. The van der Waals surface area contributed by atoms with E-state index in [2.05, 4.69) is 27.4 Å². The molecule has 0 aliphatic heterocycles. The van der Waals surface area contributed by atoms with E-state index in [0.29, 0.717) is 5.75 Å². The molecule has 3 nitrogen and oxygen atoms in total. The lowest BCUT2D eigenvalue weighted by molar-refractivity contribution is 0.00721. The van der Waals surface area contributed by atoms with E-state index >= 15 is 0 Å². The highest BCUT2D eigenvalue weighted by Crippen LogP contribution is 2.53. The van der Waals surface area contributed by atoms with Crippen molar-refractivity contribution in [1.29, 1.82) is 0 Å². The van der Waals surface area contributed by atoms with E-state index in [1.165, 1.54) is 11.1 Å². The Kier molecular flexibility index (Phi) is 3.85. The molecule has 0 bridgehead atoms. The van der Waals surface area contributed by atoms with Gasteiger partial charge in [0.25, 0.3) is 0 Å². The Morgan fingerprint density at radius 2 is 1.96 bits per heavy atom. The third kappa shape index (κ3) is 2.25. The van der Waals surface area contributed by atoms with Crippen LogP contribution < -0.4 is 0 Å². The molecule has 3 rings (SSSR count). The van der Waals surface area contributed by atoms with Gasteiger partial charge in [0.05, 0.1) is 12.2 Å². The van der Waals surface area contributed by atoms with Gasteiger partial charge in [-0.1, -0.05) is 26.8 Å². The van der Waals surface area contributed by atoms with Gasteiger partial charge < -0.3 is 14.9 Å². The normalized spacial score (nSPS) is 32.0. The van der Waals surface area contributed by atoms with Gasteiger partial charge in [-0.2, -0.15) is 0 Å². The van der Waals surface area contributed by atoms with Crippen LogP contribution in [0.1, 0.15) is 62.0 Å². The molecule has 0 unspecified atom stereocenters. The molecule has 0 saturated carbocycles. The van der Waals surface area contributed by atoms with Crippen molar-refractivity contribution < 1.29 is 14.9 Å². The summed E-state index contributed by atoms with van der Waals surface area (Å²) in [5.41, 5.74) is 4.04. The number of methoxy groups -OCH3 is 1. The minimum Gasteiger partial charge on any atom is -0.508 e. The van der Waals surface area contributed by atoms with Crippen LogP contribution in [0.4, 0.5) is 0 Å². The molecule has 126 valence electrons. The van der Waals surface area contributed by atoms with E-state index in [1.54, 1.807) is 7.11 Å².